The van der Waals surface area contributed by atoms with Gasteiger partial charge in [-0.25, -0.2) is 8.42 Å². The average Bonchev–Trinajstić information content (AvgIpc) is 2.83. The molecule has 0 aliphatic rings. The van der Waals surface area contributed by atoms with Crippen molar-refractivity contribution in [1.82, 2.24) is 5.32 Å². The zero-order valence-electron chi connectivity index (χ0n) is 18.4. The Balaban J connectivity index is 1.77. The highest BCUT2D eigenvalue weighted by molar-refractivity contribution is 7.92. The van der Waals surface area contributed by atoms with Crippen molar-refractivity contribution in [1.29, 1.82) is 0 Å². The van der Waals surface area contributed by atoms with Crippen LogP contribution in [0.2, 0.25) is 0 Å². The summed E-state index contributed by atoms with van der Waals surface area (Å²) in [6, 6.07) is 20.3. The fraction of sp³-hybridized carbons (Fsp3) is 0.208. The van der Waals surface area contributed by atoms with E-state index in [2.05, 4.69) is 5.32 Å². The first kappa shape index (κ1) is 23.1. The number of hydrogen-bond donors (Lipinski definition) is 1. The standard InChI is InChI=1S/C24H26N2O5S/c1-17(18-8-6-5-7-9-18)25-24(27)19-10-12-20(13-11-19)26(2)32(28,29)21-14-15-22(30-3)23(16-21)31-4/h5-17H,1-4H3,(H,25,27). The second kappa shape index (κ2) is 9.74. The van der Waals surface area contributed by atoms with Crippen LogP contribution in [0.1, 0.15) is 28.9 Å². The highest BCUT2D eigenvalue weighted by atomic mass is 32.2. The molecule has 0 radical (unpaired) electrons. The Morgan fingerprint density at radius 2 is 1.53 bits per heavy atom. The Bertz CT molecular complexity index is 1180. The number of methoxy groups -OCH3 is 2. The van der Waals surface area contributed by atoms with E-state index in [1.165, 1.54) is 33.4 Å². The maximum Gasteiger partial charge on any atom is 0.264 e. The second-order valence-corrected chi connectivity index (χ2v) is 9.11. The number of carbonyl (C=O) groups excluding carboxylic acids is 1. The summed E-state index contributed by atoms with van der Waals surface area (Å²) in [5.41, 5.74) is 1.86. The third-order valence-corrected chi connectivity index (χ3v) is 6.94. The van der Waals surface area contributed by atoms with Gasteiger partial charge >= 0.3 is 0 Å². The van der Waals surface area contributed by atoms with E-state index >= 15 is 0 Å². The molecule has 1 unspecified atom stereocenters. The number of hydrogen-bond acceptors (Lipinski definition) is 5. The number of carbonyl (C=O) groups is 1. The summed E-state index contributed by atoms with van der Waals surface area (Å²) in [4.78, 5) is 12.7. The maximum atomic E-state index is 13.1. The summed E-state index contributed by atoms with van der Waals surface area (Å²) in [6.45, 7) is 1.91. The van der Waals surface area contributed by atoms with Gasteiger partial charge < -0.3 is 14.8 Å². The molecule has 8 heteroatoms. The number of sulfonamides is 1. The van der Waals surface area contributed by atoms with Crippen LogP contribution >= 0.6 is 0 Å². The minimum atomic E-state index is -3.84. The van der Waals surface area contributed by atoms with Gasteiger partial charge in [0, 0.05) is 18.7 Å². The van der Waals surface area contributed by atoms with Crippen molar-refractivity contribution in [3.63, 3.8) is 0 Å². The highest BCUT2D eigenvalue weighted by Gasteiger charge is 2.23. The smallest absolute Gasteiger partial charge is 0.264 e. The third-order valence-electron chi connectivity index (χ3n) is 5.15. The lowest BCUT2D eigenvalue weighted by Gasteiger charge is -2.21. The molecule has 0 spiro atoms. The van der Waals surface area contributed by atoms with Crippen LogP contribution in [0.15, 0.2) is 77.7 Å². The molecule has 7 nitrogen and oxygen atoms in total. The second-order valence-electron chi connectivity index (χ2n) is 7.14. The number of anilines is 1. The van der Waals surface area contributed by atoms with Gasteiger partial charge in [-0.3, -0.25) is 9.10 Å². The predicted octanol–water partition coefficient (Wildman–Crippen LogP) is 4.02. The van der Waals surface area contributed by atoms with E-state index in [1.807, 2.05) is 37.3 Å². The van der Waals surface area contributed by atoms with Crippen LogP contribution < -0.4 is 19.1 Å². The molecule has 32 heavy (non-hydrogen) atoms. The molecule has 0 aliphatic heterocycles. The fourth-order valence-corrected chi connectivity index (χ4v) is 4.41. The summed E-state index contributed by atoms with van der Waals surface area (Å²) in [7, 11) is 0.544. The van der Waals surface area contributed by atoms with E-state index in [1.54, 1.807) is 30.3 Å². The summed E-state index contributed by atoms with van der Waals surface area (Å²) in [6.07, 6.45) is 0. The van der Waals surface area contributed by atoms with Crippen molar-refractivity contribution in [3.05, 3.63) is 83.9 Å². The Morgan fingerprint density at radius 3 is 2.12 bits per heavy atom. The Kier molecular flexibility index (Phi) is 7.05. The lowest BCUT2D eigenvalue weighted by atomic mass is 10.1. The van der Waals surface area contributed by atoms with E-state index < -0.39 is 10.0 Å². The molecule has 1 amide bonds. The minimum Gasteiger partial charge on any atom is -0.493 e. The van der Waals surface area contributed by atoms with E-state index in [4.69, 9.17) is 9.47 Å². The van der Waals surface area contributed by atoms with E-state index in [9.17, 15) is 13.2 Å². The molecule has 168 valence electrons. The number of amides is 1. The zero-order valence-corrected chi connectivity index (χ0v) is 19.2. The molecule has 0 heterocycles. The highest BCUT2D eigenvalue weighted by Crippen LogP contribution is 2.31. The quantitative estimate of drug-likeness (QED) is 0.556. The zero-order chi connectivity index (χ0) is 23.3. The van der Waals surface area contributed by atoms with Crippen molar-refractivity contribution in [2.75, 3.05) is 25.6 Å². The van der Waals surface area contributed by atoms with Gasteiger partial charge in [-0.05, 0) is 48.9 Å². The molecule has 0 aliphatic carbocycles. The van der Waals surface area contributed by atoms with Gasteiger partial charge in [0.05, 0.1) is 30.8 Å². The molecule has 0 bridgehead atoms. The summed E-state index contributed by atoms with van der Waals surface area (Å²) in [5, 5.41) is 2.94. The van der Waals surface area contributed by atoms with Gasteiger partial charge in [0.2, 0.25) is 0 Å². The summed E-state index contributed by atoms with van der Waals surface area (Å²) >= 11 is 0. The van der Waals surface area contributed by atoms with Crippen LogP contribution in [0.5, 0.6) is 11.5 Å². The number of nitrogens with one attached hydrogen (secondary N) is 1. The van der Waals surface area contributed by atoms with Gasteiger partial charge in [-0.2, -0.15) is 0 Å². The molecule has 3 rings (SSSR count). The molecule has 1 atom stereocenters. The van der Waals surface area contributed by atoms with Crippen LogP contribution in [0.25, 0.3) is 0 Å². The van der Waals surface area contributed by atoms with Gasteiger partial charge in [0.15, 0.2) is 11.5 Å². The molecular weight excluding hydrogens is 428 g/mol. The van der Waals surface area contributed by atoms with Crippen LogP contribution in [0.4, 0.5) is 5.69 Å². The van der Waals surface area contributed by atoms with Crippen molar-refractivity contribution in [2.24, 2.45) is 0 Å². The largest absolute Gasteiger partial charge is 0.493 e. The number of nitrogens with zero attached hydrogens (tertiary/aromatic N) is 1. The van der Waals surface area contributed by atoms with E-state index in [0.29, 0.717) is 22.7 Å². The van der Waals surface area contributed by atoms with Gasteiger partial charge in [-0.1, -0.05) is 30.3 Å². The average molecular weight is 455 g/mol. The predicted molar refractivity (Wildman–Crippen MR) is 124 cm³/mol. The molecule has 0 fully saturated rings. The topological polar surface area (TPSA) is 84.9 Å². The maximum absolute atomic E-state index is 13.1. The Labute approximate surface area is 188 Å². The Hall–Kier alpha value is -3.52. The first-order valence-corrected chi connectivity index (χ1v) is 11.4. The van der Waals surface area contributed by atoms with Crippen LogP contribution in [0.3, 0.4) is 0 Å². The number of ether oxygens (including phenoxy) is 2. The lowest BCUT2D eigenvalue weighted by Crippen LogP contribution is -2.28. The van der Waals surface area contributed by atoms with E-state index in [0.717, 1.165) is 9.87 Å². The summed E-state index contributed by atoms with van der Waals surface area (Å²) < 4.78 is 37.7. The SMILES string of the molecule is COc1ccc(S(=O)(=O)N(C)c2ccc(C(=O)NC(C)c3ccccc3)cc2)cc1OC. The van der Waals surface area contributed by atoms with E-state index in [-0.39, 0.29) is 16.8 Å². The van der Waals surface area contributed by atoms with Crippen molar-refractivity contribution in [3.8, 4) is 11.5 Å². The monoisotopic (exact) mass is 454 g/mol. The molecular formula is C24H26N2O5S. The first-order valence-electron chi connectivity index (χ1n) is 9.94. The molecule has 1 N–H and O–H groups in total. The van der Waals surface area contributed by atoms with Gasteiger partial charge in [0.1, 0.15) is 0 Å². The summed E-state index contributed by atoms with van der Waals surface area (Å²) in [5.74, 6) is 0.522. The molecule has 0 aromatic heterocycles. The first-order chi connectivity index (χ1) is 15.3. The number of rotatable bonds is 8. The van der Waals surface area contributed by atoms with Crippen molar-refractivity contribution in [2.45, 2.75) is 17.9 Å². The lowest BCUT2D eigenvalue weighted by molar-refractivity contribution is 0.0940. The van der Waals surface area contributed by atoms with Gasteiger partial charge in [0.25, 0.3) is 15.9 Å². The molecule has 3 aromatic rings. The molecule has 0 saturated carbocycles. The minimum absolute atomic E-state index is 0.0659. The Morgan fingerprint density at radius 1 is 0.906 bits per heavy atom. The number of benzene rings is 3. The van der Waals surface area contributed by atoms with Crippen LogP contribution in [-0.2, 0) is 10.0 Å². The molecule has 3 aromatic carbocycles. The van der Waals surface area contributed by atoms with Crippen LogP contribution in [0, 0.1) is 0 Å². The normalized spacial score (nSPS) is 12.0. The van der Waals surface area contributed by atoms with Gasteiger partial charge in [-0.15, -0.1) is 0 Å². The van der Waals surface area contributed by atoms with Crippen LogP contribution in [-0.4, -0.2) is 35.6 Å². The van der Waals surface area contributed by atoms with Crippen molar-refractivity contribution >= 4 is 21.6 Å². The third kappa shape index (κ3) is 4.86. The van der Waals surface area contributed by atoms with Crippen molar-refractivity contribution < 1.29 is 22.7 Å². The molecule has 0 saturated heterocycles. The fourth-order valence-electron chi connectivity index (χ4n) is 3.20.